The Balaban J connectivity index is 1.87. The van der Waals surface area contributed by atoms with E-state index in [9.17, 15) is 4.79 Å². The van der Waals surface area contributed by atoms with E-state index >= 15 is 0 Å². The quantitative estimate of drug-likeness (QED) is 0.332. The van der Waals surface area contributed by atoms with Crippen molar-refractivity contribution >= 4 is 32.7 Å². The lowest BCUT2D eigenvalue weighted by Crippen LogP contribution is -2.05. The molecule has 0 N–H and O–H groups in total. The summed E-state index contributed by atoms with van der Waals surface area (Å²) in [6.45, 7) is 5.76. The molecule has 132 valence electrons. The average molecular weight is 354 g/mol. The molecule has 3 heteroatoms. The summed E-state index contributed by atoms with van der Waals surface area (Å²) in [5.74, 6) is 0. The second-order valence-electron chi connectivity index (χ2n) is 7.12. The van der Waals surface area contributed by atoms with Gasteiger partial charge in [0.25, 0.3) is 0 Å². The Hall–Kier alpha value is -3.33. The fourth-order valence-electron chi connectivity index (χ4n) is 3.91. The van der Waals surface area contributed by atoms with Gasteiger partial charge in [-0.05, 0) is 60.4 Å². The summed E-state index contributed by atoms with van der Waals surface area (Å²) in [5, 5.41) is 4.35. The highest BCUT2D eigenvalue weighted by Gasteiger charge is 2.18. The van der Waals surface area contributed by atoms with Gasteiger partial charge in [0, 0.05) is 16.5 Å². The largest absolute Gasteiger partial charge is 0.463 e. The van der Waals surface area contributed by atoms with Crippen LogP contribution in [0.5, 0.6) is 0 Å². The van der Waals surface area contributed by atoms with Crippen LogP contribution in [0.25, 0.3) is 43.8 Å². The lowest BCUT2D eigenvalue weighted by Gasteiger charge is -2.08. The summed E-state index contributed by atoms with van der Waals surface area (Å²) in [6, 6.07) is 16.7. The molecule has 3 aromatic carbocycles. The highest BCUT2D eigenvalue weighted by molar-refractivity contribution is 6.11. The third-order valence-electron chi connectivity index (χ3n) is 5.51. The summed E-state index contributed by atoms with van der Waals surface area (Å²) in [7, 11) is 0. The van der Waals surface area contributed by atoms with Crippen molar-refractivity contribution in [2.75, 3.05) is 0 Å². The monoisotopic (exact) mass is 354 g/mol. The molecule has 0 amide bonds. The van der Waals surface area contributed by atoms with Crippen molar-refractivity contribution in [1.82, 2.24) is 0 Å². The molecule has 5 aromatic rings. The Morgan fingerprint density at radius 2 is 1.59 bits per heavy atom. The molecule has 5 rings (SSSR count). The minimum Gasteiger partial charge on any atom is -0.463 e. The second-order valence-corrected chi connectivity index (χ2v) is 7.12. The van der Waals surface area contributed by atoms with Gasteiger partial charge in [0.1, 0.15) is 11.2 Å². The smallest absolute Gasteiger partial charge is 0.339 e. The van der Waals surface area contributed by atoms with Crippen molar-refractivity contribution in [2.45, 2.75) is 20.8 Å². The standard InChI is InChI=1S/C24H18O3/c1-13-10-20-22(14(2)15(3)24(25)27-20)23-21(13)19(12-26-23)18-9-8-16-6-4-5-7-17(16)11-18/h4-12H,1-3H3. The van der Waals surface area contributed by atoms with Gasteiger partial charge in [-0.1, -0.05) is 36.4 Å². The average Bonchev–Trinajstić information content (AvgIpc) is 3.11. The summed E-state index contributed by atoms with van der Waals surface area (Å²) in [6.07, 6.45) is 1.81. The lowest BCUT2D eigenvalue weighted by molar-refractivity contribution is 0.552. The van der Waals surface area contributed by atoms with Gasteiger partial charge in [-0.2, -0.15) is 0 Å². The Labute approximate surface area is 155 Å². The molecule has 0 saturated carbocycles. The van der Waals surface area contributed by atoms with E-state index in [-0.39, 0.29) is 5.63 Å². The molecule has 27 heavy (non-hydrogen) atoms. The van der Waals surface area contributed by atoms with E-state index in [1.165, 1.54) is 10.8 Å². The van der Waals surface area contributed by atoms with Crippen LogP contribution in [0.4, 0.5) is 0 Å². The van der Waals surface area contributed by atoms with E-state index in [0.29, 0.717) is 11.1 Å². The van der Waals surface area contributed by atoms with Crippen LogP contribution in [-0.4, -0.2) is 0 Å². The third-order valence-corrected chi connectivity index (χ3v) is 5.51. The van der Waals surface area contributed by atoms with Crippen molar-refractivity contribution in [3.05, 3.63) is 81.9 Å². The maximum atomic E-state index is 12.1. The summed E-state index contributed by atoms with van der Waals surface area (Å²) in [5.41, 5.74) is 5.79. The minimum absolute atomic E-state index is 0.292. The topological polar surface area (TPSA) is 43.4 Å². The number of fused-ring (bicyclic) bond motifs is 4. The van der Waals surface area contributed by atoms with Gasteiger partial charge in [0.15, 0.2) is 0 Å². The van der Waals surface area contributed by atoms with Gasteiger partial charge in [-0.15, -0.1) is 0 Å². The highest BCUT2D eigenvalue weighted by Crippen LogP contribution is 2.39. The maximum Gasteiger partial charge on any atom is 0.339 e. The van der Waals surface area contributed by atoms with Gasteiger partial charge in [0.2, 0.25) is 0 Å². The molecule has 2 aromatic heterocycles. The molecule has 0 aliphatic rings. The zero-order chi connectivity index (χ0) is 18.7. The van der Waals surface area contributed by atoms with Crippen LogP contribution in [0.3, 0.4) is 0 Å². The first kappa shape index (κ1) is 15.9. The van der Waals surface area contributed by atoms with Crippen LogP contribution in [0.2, 0.25) is 0 Å². The molecule has 0 aliphatic carbocycles. The maximum absolute atomic E-state index is 12.1. The first-order valence-electron chi connectivity index (χ1n) is 8.98. The van der Waals surface area contributed by atoms with Crippen LogP contribution in [0, 0.1) is 20.8 Å². The van der Waals surface area contributed by atoms with Gasteiger partial charge < -0.3 is 8.83 Å². The van der Waals surface area contributed by atoms with Crippen molar-refractivity contribution in [1.29, 1.82) is 0 Å². The molecule has 0 aliphatic heterocycles. The number of rotatable bonds is 1. The van der Waals surface area contributed by atoms with Crippen LogP contribution in [0.15, 0.2) is 68.4 Å². The molecule has 0 atom stereocenters. The zero-order valence-electron chi connectivity index (χ0n) is 15.4. The summed E-state index contributed by atoms with van der Waals surface area (Å²) < 4.78 is 11.5. The van der Waals surface area contributed by atoms with E-state index < -0.39 is 0 Å². The fraction of sp³-hybridized carbons (Fsp3) is 0.125. The predicted octanol–water partition coefficient (Wildman–Crippen LogP) is 6.28. The number of hydrogen-bond donors (Lipinski definition) is 0. The Morgan fingerprint density at radius 1 is 0.815 bits per heavy atom. The molecule has 0 saturated heterocycles. The molecule has 0 unspecified atom stereocenters. The lowest BCUT2D eigenvalue weighted by atomic mass is 9.96. The van der Waals surface area contributed by atoms with Gasteiger partial charge in [-0.25, -0.2) is 4.79 Å². The molecule has 0 fully saturated rings. The van der Waals surface area contributed by atoms with E-state index in [1.807, 2.05) is 32.0 Å². The summed E-state index contributed by atoms with van der Waals surface area (Å²) >= 11 is 0. The first-order chi connectivity index (χ1) is 13.0. The van der Waals surface area contributed by atoms with Crippen molar-refractivity contribution < 1.29 is 8.83 Å². The normalized spacial score (nSPS) is 11.7. The van der Waals surface area contributed by atoms with E-state index in [0.717, 1.165) is 38.6 Å². The molecule has 0 spiro atoms. The van der Waals surface area contributed by atoms with Crippen molar-refractivity contribution in [3.63, 3.8) is 0 Å². The van der Waals surface area contributed by atoms with Gasteiger partial charge in [0.05, 0.1) is 11.6 Å². The van der Waals surface area contributed by atoms with E-state index in [4.69, 9.17) is 8.83 Å². The molecule has 2 heterocycles. The van der Waals surface area contributed by atoms with E-state index in [2.05, 4.69) is 30.3 Å². The summed E-state index contributed by atoms with van der Waals surface area (Å²) in [4.78, 5) is 12.1. The second kappa shape index (κ2) is 5.58. The number of furan rings is 1. The molecule has 0 radical (unpaired) electrons. The van der Waals surface area contributed by atoms with Crippen LogP contribution in [-0.2, 0) is 0 Å². The molecule has 0 bridgehead atoms. The molecular formula is C24H18O3. The number of benzene rings is 3. The van der Waals surface area contributed by atoms with Gasteiger partial charge >= 0.3 is 5.63 Å². The van der Waals surface area contributed by atoms with Crippen molar-refractivity contribution in [2.24, 2.45) is 0 Å². The van der Waals surface area contributed by atoms with Crippen molar-refractivity contribution in [3.8, 4) is 11.1 Å². The van der Waals surface area contributed by atoms with E-state index in [1.54, 1.807) is 13.2 Å². The zero-order valence-corrected chi connectivity index (χ0v) is 15.4. The van der Waals surface area contributed by atoms with Crippen LogP contribution < -0.4 is 5.63 Å². The Kier molecular flexibility index (Phi) is 3.28. The Bertz CT molecular complexity index is 1420. The SMILES string of the molecule is Cc1c(C)c2c(cc(C)c3c(-c4ccc5ccccc5c4)coc32)oc1=O. The third kappa shape index (κ3) is 2.25. The molecule has 3 nitrogen and oxygen atoms in total. The number of hydrogen-bond acceptors (Lipinski definition) is 3. The predicted molar refractivity (Wildman–Crippen MR) is 109 cm³/mol. The highest BCUT2D eigenvalue weighted by atomic mass is 16.4. The minimum atomic E-state index is -0.292. The fourth-order valence-corrected chi connectivity index (χ4v) is 3.91. The molecular weight excluding hydrogens is 336 g/mol. The van der Waals surface area contributed by atoms with Crippen LogP contribution in [0.1, 0.15) is 16.7 Å². The number of aryl methyl sites for hydroxylation is 2. The van der Waals surface area contributed by atoms with Gasteiger partial charge in [-0.3, -0.25) is 0 Å². The van der Waals surface area contributed by atoms with Crippen LogP contribution >= 0.6 is 0 Å². The first-order valence-corrected chi connectivity index (χ1v) is 8.98. The Morgan fingerprint density at radius 3 is 2.41 bits per heavy atom.